The Bertz CT molecular complexity index is 218. The molecule has 1 atom stereocenters. The van der Waals surface area contributed by atoms with Gasteiger partial charge in [0.15, 0.2) is 0 Å². The van der Waals surface area contributed by atoms with E-state index in [1.165, 1.54) is 6.92 Å². The summed E-state index contributed by atoms with van der Waals surface area (Å²) in [5, 5.41) is 0. The van der Waals surface area contributed by atoms with E-state index in [4.69, 9.17) is 0 Å². The quantitative estimate of drug-likeness (QED) is 0.206. The van der Waals surface area contributed by atoms with E-state index in [1.54, 1.807) is 0 Å². The lowest BCUT2D eigenvalue weighted by atomic mass is 10.2. The molecule has 0 aliphatic heterocycles. The summed E-state index contributed by atoms with van der Waals surface area (Å²) in [7, 11) is -9.83. The minimum absolute atomic E-state index is 0.0273. The molecule has 0 fully saturated rings. The molecule has 0 amide bonds. The predicted octanol–water partition coefficient (Wildman–Crippen LogP) is 5.82. The molecule has 0 spiro atoms. The van der Waals surface area contributed by atoms with E-state index in [9.17, 15) is 20.5 Å². The lowest BCUT2D eigenvalue weighted by molar-refractivity contribution is 0.429. The van der Waals surface area contributed by atoms with E-state index in [1.807, 2.05) is 6.92 Å². The molecule has 7 heteroatoms. The summed E-state index contributed by atoms with van der Waals surface area (Å²) >= 11 is 0. The van der Waals surface area contributed by atoms with Crippen molar-refractivity contribution in [2.75, 3.05) is 0 Å². The maximum atomic E-state index is 13.5. The van der Waals surface area contributed by atoms with Gasteiger partial charge in [-0.1, -0.05) is 39.5 Å². The van der Waals surface area contributed by atoms with Gasteiger partial charge in [-0.25, -0.2) is 12.3 Å². The van der Waals surface area contributed by atoms with Crippen molar-refractivity contribution in [1.82, 2.24) is 0 Å². The average Bonchev–Trinajstić information content (AvgIpc) is 2.20. The van der Waals surface area contributed by atoms with E-state index in [0.717, 1.165) is 19.3 Å². The van der Waals surface area contributed by atoms with Gasteiger partial charge in [-0.3, -0.25) is 8.22 Å². The van der Waals surface area contributed by atoms with Crippen molar-refractivity contribution in [1.29, 1.82) is 0 Å². The van der Waals surface area contributed by atoms with Crippen molar-refractivity contribution in [3.8, 4) is 0 Å². The first kappa shape index (κ1) is 18.1. The first-order valence-corrected chi connectivity index (χ1v) is 10.6. The standard InChI is InChI=1S/C11H23F5Si2/c1-3-4-5-6-8-17(12,13)9-7-11(2)10-18(14,15)16/h11H,3-10H2,1-2H3. The first-order chi connectivity index (χ1) is 8.16. The van der Waals surface area contributed by atoms with Gasteiger partial charge in [0.05, 0.1) is 0 Å². The lowest BCUT2D eigenvalue weighted by Crippen LogP contribution is -2.24. The lowest BCUT2D eigenvalue weighted by Gasteiger charge is -2.16. The Morgan fingerprint density at radius 1 is 0.889 bits per heavy atom. The van der Waals surface area contributed by atoms with Crippen LogP contribution < -0.4 is 0 Å². The molecular weight excluding hydrogens is 283 g/mol. The number of rotatable bonds is 10. The van der Waals surface area contributed by atoms with Crippen molar-refractivity contribution in [3.05, 3.63) is 0 Å². The summed E-state index contributed by atoms with van der Waals surface area (Å²) in [6, 6.07) is -1.14. The van der Waals surface area contributed by atoms with Crippen molar-refractivity contribution >= 4 is 17.8 Å². The summed E-state index contributed by atoms with van der Waals surface area (Å²) in [6.45, 7) is 3.44. The third-order valence-corrected chi connectivity index (χ3v) is 6.24. The molecule has 0 aromatic rings. The second-order valence-electron chi connectivity index (χ2n) is 5.13. The zero-order valence-electron chi connectivity index (χ0n) is 11.1. The van der Waals surface area contributed by atoms with Crippen LogP contribution in [-0.4, -0.2) is 17.8 Å². The highest BCUT2D eigenvalue weighted by Crippen LogP contribution is 2.30. The van der Waals surface area contributed by atoms with Crippen molar-refractivity contribution < 1.29 is 20.5 Å². The second-order valence-corrected chi connectivity index (χ2v) is 9.48. The highest BCUT2D eigenvalue weighted by atomic mass is 28.5. The molecule has 0 heterocycles. The Hall–Kier alpha value is 0.0838. The normalized spacial score (nSPS) is 14.8. The third-order valence-electron chi connectivity index (χ3n) is 2.98. The zero-order chi connectivity index (χ0) is 14.2. The molecule has 0 aromatic carbocycles. The molecule has 0 aliphatic carbocycles. The van der Waals surface area contributed by atoms with Crippen molar-refractivity contribution in [2.24, 2.45) is 5.92 Å². The average molecular weight is 306 g/mol. The minimum atomic E-state index is -5.58. The van der Waals surface area contributed by atoms with Crippen LogP contribution in [0.2, 0.25) is 18.1 Å². The van der Waals surface area contributed by atoms with Crippen molar-refractivity contribution in [2.45, 2.75) is 64.1 Å². The van der Waals surface area contributed by atoms with Gasteiger partial charge in [0.2, 0.25) is 0 Å². The maximum Gasteiger partial charge on any atom is 0.616 e. The summed E-state index contributed by atoms with van der Waals surface area (Å²) in [4.78, 5) is 0. The van der Waals surface area contributed by atoms with Gasteiger partial charge >= 0.3 is 17.8 Å². The molecule has 0 aromatic heterocycles. The largest absolute Gasteiger partial charge is 0.616 e. The predicted molar refractivity (Wildman–Crippen MR) is 69.4 cm³/mol. The number of hydrogen-bond donors (Lipinski definition) is 0. The molecule has 0 bridgehead atoms. The van der Waals surface area contributed by atoms with E-state index in [0.29, 0.717) is 6.42 Å². The summed E-state index contributed by atoms with van der Waals surface area (Å²) < 4.78 is 63.6. The van der Waals surface area contributed by atoms with Crippen LogP contribution in [0.3, 0.4) is 0 Å². The molecular formula is C11H23F5Si2. The van der Waals surface area contributed by atoms with Crippen LogP contribution in [0.25, 0.3) is 0 Å². The molecule has 1 unspecified atom stereocenters. The van der Waals surface area contributed by atoms with Crippen LogP contribution in [0.1, 0.15) is 46.0 Å². The number of hydrogen-bond acceptors (Lipinski definition) is 0. The monoisotopic (exact) mass is 306 g/mol. The van der Waals surface area contributed by atoms with Crippen LogP contribution >= 0.6 is 0 Å². The van der Waals surface area contributed by atoms with Gasteiger partial charge in [0, 0.05) is 6.04 Å². The van der Waals surface area contributed by atoms with E-state index >= 15 is 0 Å². The van der Waals surface area contributed by atoms with Crippen LogP contribution in [0.4, 0.5) is 20.5 Å². The highest BCUT2D eigenvalue weighted by Gasteiger charge is 2.40. The van der Waals surface area contributed by atoms with Crippen LogP contribution in [0.15, 0.2) is 0 Å². The summed E-state index contributed by atoms with van der Waals surface area (Å²) in [5.74, 6) is -0.634. The van der Waals surface area contributed by atoms with Gasteiger partial charge in [-0.2, -0.15) is 0 Å². The Morgan fingerprint density at radius 3 is 2.00 bits per heavy atom. The van der Waals surface area contributed by atoms with Gasteiger partial charge in [0.1, 0.15) is 0 Å². The highest BCUT2D eigenvalue weighted by molar-refractivity contribution is 6.66. The molecule has 0 N–H and O–H groups in total. The van der Waals surface area contributed by atoms with Gasteiger partial charge in [0.25, 0.3) is 0 Å². The molecule has 0 saturated heterocycles. The smallest absolute Gasteiger partial charge is 0.270 e. The SMILES string of the molecule is CCCCCC[Si](F)(F)CCC(C)C[Si](F)(F)F. The topological polar surface area (TPSA) is 0 Å². The molecule has 18 heavy (non-hydrogen) atoms. The minimum Gasteiger partial charge on any atom is -0.270 e. The van der Waals surface area contributed by atoms with E-state index < -0.39 is 29.8 Å². The Balaban J connectivity index is 3.81. The van der Waals surface area contributed by atoms with Crippen molar-refractivity contribution in [3.63, 3.8) is 0 Å². The Kier molecular flexibility index (Phi) is 8.33. The van der Waals surface area contributed by atoms with Gasteiger partial charge < -0.3 is 0 Å². The molecule has 0 aliphatic rings. The van der Waals surface area contributed by atoms with Gasteiger partial charge in [-0.05, 0) is 24.4 Å². The molecule has 0 nitrogen and oxygen atoms in total. The summed E-state index contributed by atoms with van der Waals surface area (Å²) in [6.07, 6.45) is 3.32. The van der Waals surface area contributed by atoms with Crippen LogP contribution in [0.5, 0.6) is 0 Å². The van der Waals surface area contributed by atoms with Crippen LogP contribution in [-0.2, 0) is 0 Å². The number of unbranched alkanes of at least 4 members (excludes halogenated alkanes) is 3. The van der Waals surface area contributed by atoms with E-state index in [2.05, 4.69) is 0 Å². The fourth-order valence-corrected chi connectivity index (χ4v) is 4.82. The second kappa shape index (κ2) is 8.29. The van der Waals surface area contributed by atoms with E-state index in [-0.39, 0.29) is 18.5 Å². The first-order valence-electron chi connectivity index (χ1n) is 6.61. The number of halogens is 5. The third kappa shape index (κ3) is 11.2. The Morgan fingerprint density at radius 2 is 1.50 bits per heavy atom. The molecule has 0 saturated carbocycles. The fourth-order valence-electron chi connectivity index (χ4n) is 1.89. The summed E-state index contributed by atoms with van der Waals surface area (Å²) in [5.41, 5.74) is 0. The fraction of sp³-hybridized carbons (Fsp3) is 1.00. The van der Waals surface area contributed by atoms with Gasteiger partial charge in [-0.15, -0.1) is 0 Å². The molecule has 0 radical (unpaired) electrons. The zero-order valence-corrected chi connectivity index (χ0v) is 13.1. The Labute approximate surface area is 109 Å². The van der Waals surface area contributed by atoms with Crippen LogP contribution in [0, 0.1) is 5.92 Å². The maximum absolute atomic E-state index is 13.5. The molecule has 110 valence electrons. The molecule has 0 rings (SSSR count).